The summed E-state index contributed by atoms with van der Waals surface area (Å²) in [5, 5.41) is 6.35. The summed E-state index contributed by atoms with van der Waals surface area (Å²) < 4.78 is 2.76. The van der Waals surface area contributed by atoms with Crippen LogP contribution in [0.15, 0.2) is 52.4 Å². The van der Waals surface area contributed by atoms with E-state index in [2.05, 4.69) is 10.1 Å². The van der Waals surface area contributed by atoms with Crippen LogP contribution >= 0.6 is 23.1 Å². The first-order valence-electron chi connectivity index (χ1n) is 7.49. The molecule has 7 heteroatoms. The van der Waals surface area contributed by atoms with Gasteiger partial charge in [0.1, 0.15) is 0 Å². The van der Waals surface area contributed by atoms with Gasteiger partial charge in [-0.25, -0.2) is 9.67 Å². The molecule has 0 aliphatic rings. The molecule has 2 aromatic heterocycles. The standard InChI is InChI=1S/C17H18N4OS2/c1-13-11-23-17(19-13)24-12-16(22)20(2)9-14-8-18-21(10-14)15-6-4-3-5-7-15/h3-8,10-11H,9,12H2,1-2H3. The highest BCUT2D eigenvalue weighted by atomic mass is 32.2. The zero-order valence-corrected chi connectivity index (χ0v) is 15.2. The number of amides is 1. The molecule has 0 aliphatic heterocycles. The first-order valence-corrected chi connectivity index (χ1v) is 9.36. The van der Waals surface area contributed by atoms with Gasteiger partial charge in [-0.1, -0.05) is 30.0 Å². The summed E-state index contributed by atoms with van der Waals surface area (Å²) in [6.45, 7) is 2.50. The first-order chi connectivity index (χ1) is 11.6. The predicted octanol–water partition coefficient (Wildman–Crippen LogP) is 3.39. The molecular weight excluding hydrogens is 340 g/mol. The Hall–Kier alpha value is -2.12. The third-order valence-corrected chi connectivity index (χ3v) is 5.54. The predicted molar refractivity (Wildman–Crippen MR) is 97.6 cm³/mol. The van der Waals surface area contributed by atoms with Gasteiger partial charge in [-0.2, -0.15) is 5.10 Å². The third-order valence-electron chi connectivity index (χ3n) is 3.42. The molecule has 3 rings (SSSR count). The van der Waals surface area contributed by atoms with Crippen LogP contribution in [0.5, 0.6) is 0 Å². The van der Waals surface area contributed by atoms with Crippen LogP contribution in [0, 0.1) is 6.92 Å². The van der Waals surface area contributed by atoms with Crippen molar-refractivity contribution in [1.29, 1.82) is 0 Å². The van der Waals surface area contributed by atoms with Crippen LogP contribution in [0.1, 0.15) is 11.3 Å². The average molecular weight is 358 g/mol. The monoisotopic (exact) mass is 358 g/mol. The zero-order valence-electron chi connectivity index (χ0n) is 13.5. The Morgan fingerprint density at radius 3 is 2.83 bits per heavy atom. The summed E-state index contributed by atoms with van der Waals surface area (Å²) in [5.74, 6) is 0.483. The number of rotatable bonds is 6. The molecule has 0 unspecified atom stereocenters. The SMILES string of the molecule is Cc1csc(SCC(=O)N(C)Cc2cnn(-c3ccccc3)c2)n1. The van der Waals surface area contributed by atoms with Gasteiger partial charge in [0.2, 0.25) is 5.91 Å². The summed E-state index contributed by atoms with van der Waals surface area (Å²) in [6.07, 6.45) is 3.75. The minimum Gasteiger partial charge on any atom is -0.341 e. The van der Waals surface area contributed by atoms with Crippen molar-refractivity contribution in [3.63, 3.8) is 0 Å². The molecule has 5 nitrogen and oxygen atoms in total. The molecule has 0 saturated heterocycles. The van der Waals surface area contributed by atoms with Gasteiger partial charge in [-0.3, -0.25) is 4.79 Å². The van der Waals surface area contributed by atoms with E-state index in [-0.39, 0.29) is 5.91 Å². The van der Waals surface area contributed by atoms with E-state index in [4.69, 9.17) is 0 Å². The van der Waals surface area contributed by atoms with Crippen molar-refractivity contribution in [3.05, 3.63) is 59.4 Å². The molecule has 0 N–H and O–H groups in total. The lowest BCUT2D eigenvalue weighted by Crippen LogP contribution is -2.27. The van der Waals surface area contributed by atoms with Gasteiger partial charge in [0.15, 0.2) is 4.34 Å². The Labute approximate surface area is 149 Å². The van der Waals surface area contributed by atoms with Crippen molar-refractivity contribution in [2.75, 3.05) is 12.8 Å². The van der Waals surface area contributed by atoms with Crippen molar-refractivity contribution in [3.8, 4) is 5.69 Å². The van der Waals surface area contributed by atoms with E-state index in [0.29, 0.717) is 12.3 Å². The first kappa shape index (κ1) is 16.7. The lowest BCUT2D eigenvalue weighted by Gasteiger charge is -2.15. The highest BCUT2D eigenvalue weighted by molar-refractivity contribution is 8.01. The fourth-order valence-electron chi connectivity index (χ4n) is 2.16. The van der Waals surface area contributed by atoms with E-state index in [0.717, 1.165) is 21.3 Å². The summed E-state index contributed by atoms with van der Waals surface area (Å²) in [5.41, 5.74) is 3.01. The largest absolute Gasteiger partial charge is 0.341 e. The third kappa shape index (κ3) is 4.24. The number of thiazole rings is 1. The van der Waals surface area contributed by atoms with Crippen molar-refractivity contribution < 1.29 is 4.79 Å². The number of aryl methyl sites for hydroxylation is 1. The van der Waals surface area contributed by atoms with Gasteiger partial charge in [0.05, 0.1) is 17.6 Å². The normalized spacial score (nSPS) is 10.8. The topological polar surface area (TPSA) is 51.0 Å². The second-order valence-electron chi connectivity index (χ2n) is 5.42. The van der Waals surface area contributed by atoms with Gasteiger partial charge >= 0.3 is 0 Å². The number of para-hydroxylation sites is 1. The Morgan fingerprint density at radius 1 is 1.33 bits per heavy atom. The molecule has 0 radical (unpaired) electrons. The molecule has 0 spiro atoms. The fourth-order valence-corrected chi connectivity index (χ4v) is 3.95. The number of aromatic nitrogens is 3. The van der Waals surface area contributed by atoms with E-state index >= 15 is 0 Å². The molecule has 0 aliphatic carbocycles. The lowest BCUT2D eigenvalue weighted by molar-refractivity contribution is -0.127. The van der Waals surface area contributed by atoms with Gasteiger partial charge in [0, 0.05) is 36.4 Å². The van der Waals surface area contributed by atoms with Crippen molar-refractivity contribution in [2.24, 2.45) is 0 Å². The molecule has 124 valence electrons. The highest BCUT2D eigenvalue weighted by Crippen LogP contribution is 2.22. The number of nitrogens with zero attached hydrogens (tertiary/aromatic N) is 4. The number of carbonyl (C=O) groups is 1. The van der Waals surface area contributed by atoms with Crippen LogP contribution in [-0.2, 0) is 11.3 Å². The summed E-state index contributed by atoms with van der Waals surface area (Å²) >= 11 is 3.06. The van der Waals surface area contributed by atoms with Crippen LogP contribution in [-0.4, -0.2) is 38.4 Å². The fraction of sp³-hybridized carbons (Fsp3) is 0.235. The minimum atomic E-state index is 0.0836. The van der Waals surface area contributed by atoms with E-state index in [9.17, 15) is 4.79 Å². The van der Waals surface area contributed by atoms with E-state index in [1.54, 1.807) is 22.4 Å². The number of benzene rings is 1. The molecule has 3 aromatic rings. The van der Waals surface area contributed by atoms with Crippen LogP contribution in [0.2, 0.25) is 0 Å². The molecule has 24 heavy (non-hydrogen) atoms. The molecule has 1 aromatic carbocycles. The highest BCUT2D eigenvalue weighted by Gasteiger charge is 2.12. The Morgan fingerprint density at radius 2 is 2.12 bits per heavy atom. The second-order valence-corrected chi connectivity index (χ2v) is 7.50. The summed E-state index contributed by atoms with van der Waals surface area (Å²) in [4.78, 5) is 18.3. The maximum absolute atomic E-state index is 12.3. The second kappa shape index (κ2) is 7.63. The maximum Gasteiger partial charge on any atom is 0.233 e. The van der Waals surface area contributed by atoms with Crippen LogP contribution in [0.4, 0.5) is 0 Å². The zero-order chi connectivity index (χ0) is 16.9. The van der Waals surface area contributed by atoms with Crippen LogP contribution in [0.3, 0.4) is 0 Å². The van der Waals surface area contributed by atoms with Crippen LogP contribution < -0.4 is 0 Å². The van der Waals surface area contributed by atoms with Crippen molar-refractivity contribution >= 4 is 29.0 Å². The Kier molecular flexibility index (Phi) is 5.32. The van der Waals surface area contributed by atoms with Crippen molar-refractivity contribution in [1.82, 2.24) is 19.7 Å². The molecule has 0 bridgehead atoms. The molecule has 1 amide bonds. The lowest BCUT2D eigenvalue weighted by atomic mass is 10.3. The van der Waals surface area contributed by atoms with E-state index in [1.165, 1.54) is 11.8 Å². The minimum absolute atomic E-state index is 0.0836. The van der Waals surface area contributed by atoms with Crippen molar-refractivity contribution in [2.45, 2.75) is 17.8 Å². The maximum atomic E-state index is 12.3. The van der Waals surface area contributed by atoms with Gasteiger partial charge in [-0.15, -0.1) is 11.3 Å². The average Bonchev–Trinajstić information content (AvgIpc) is 3.22. The number of hydrogen-bond acceptors (Lipinski definition) is 5. The smallest absolute Gasteiger partial charge is 0.233 e. The number of hydrogen-bond donors (Lipinski definition) is 0. The van der Waals surface area contributed by atoms with Gasteiger partial charge < -0.3 is 4.90 Å². The number of carbonyl (C=O) groups excluding carboxylic acids is 1. The Balaban J connectivity index is 1.55. The quantitative estimate of drug-likeness (QED) is 0.634. The van der Waals surface area contributed by atoms with Gasteiger partial charge in [0.25, 0.3) is 0 Å². The molecule has 0 atom stereocenters. The summed E-state index contributed by atoms with van der Waals surface area (Å²) in [7, 11) is 1.82. The summed E-state index contributed by atoms with van der Waals surface area (Å²) in [6, 6.07) is 9.92. The molecule has 0 saturated carbocycles. The Bertz CT molecular complexity index is 813. The van der Waals surface area contributed by atoms with Gasteiger partial charge in [-0.05, 0) is 19.1 Å². The van der Waals surface area contributed by atoms with Crippen LogP contribution in [0.25, 0.3) is 5.69 Å². The molecule has 2 heterocycles. The molecular formula is C17H18N4OS2. The number of thioether (sulfide) groups is 1. The van der Waals surface area contributed by atoms with E-state index < -0.39 is 0 Å². The van der Waals surface area contributed by atoms with E-state index in [1.807, 2.05) is 60.6 Å². The molecule has 0 fully saturated rings.